The van der Waals surface area contributed by atoms with Gasteiger partial charge in [0.25, 0.3) is 10.0 Å². The molecule has 1 N–H and O–H groups in total. The molecule has 0 bridgehead atoms. The number of halogens is 4. The third kappa shape index (κ3) is 7.10. The van der Waals surface area contributed by atoms with Gasteiger partial charge in [0.05, 0.1) is 20.7 Å². The molecule has 2 aromatic carbocycles. The molecule has 1 saturated carbocycles. The van der Waals surface area contributed by atoms with Gasteiger partial charge in [-0.1, -0.05) is 49.5 Å². The summed E-state index contributed by atoms with van der Waals surface area (Å²) < 4.78 is 92.6. The van der Waals surface area contributed by atoms with Gasteiger partial charge in [0.2, 0.25) is 0 Å². The molecular formula is C26H27ClF3N3O4S3. The Morgan fingerprint density at radius 3 is 2.27 bits per heavy atom. The molecule has 216 valence electrons. The maximum atomic E-state index is 12.9. The number of nitrogens with zero attached hydrogens (tertiary/aromatic N) is 2. The van der Waals surface area contributed by atoms with Crippen molar-refractivity contribution < 1.29 is 30.0 Å². The van der Waals surface area contributed by atoms with Crippen LogP contribution >= 0.6 is 23.4 Å². The molecule has 0 atom stereocenters. The Bertz CT molecular complexity index is 1580. The molecule has 0 saturated heterocycles. The Morgan fingerprint density at radius 2 is 1.68 bits per heavy atom. The highest BCUT2D eigenvalue weighted by Crippen LogP contribution is 2.35. The first-order valence-corrected chi connectivity index (χ1v) is 16.8. The number of nitrogens with one attached hydrogen (secondary N) is 1. The third-order valence-corrected chi connectivity index (χ3v) is 11.7. The van der Waals surface area contributed by atoms with Crippen LogP contribution in [-0.4, -0.2) is 32.3 Å². The van der Waals surface area contributed by atoms with Crippen molar-refractivity contribution in [2.45, 2.75) is 83.0 Å². The van der Waals surface area contributed by atoms with E-state index in [1.165, 1.54) is 17.8 Å². The van der Waals surface area contributed by atoms with Crippen LogP contribution in [0.2, 0.25) is 5.02 Å². The summed E-state index contributed by atoms with van der Waals surface area (Å²) in [5.41, 5.74) is -0.357. The van der Waals surface area contributed by atoms with Crippen LogP contribution < -0.4 is 4.72 Å². The lowest BCUT2D eigenvalue weighted by atomic mass is 10.1. The summed E-state index contributed by atoms with van der Waals surface area (Å²) in [6, 6.07) is 10.1. The fraction of sp³-hybridized carbons (Fsp3) is 0.385. The number of anilines is 1. The number of rotatable bonds is 10. The number of alkyl halides is 3. The molecule has 1 aromatic heterocycles. The first-order chi connectivity index (χ1) is 18.8. The highest BCUT2D eigenvalue weighted by molar-refractivity contribution is 7.99. The van der Waals surface area contributed by atoms with Crippen LogP contribution in [-0.2, 0) is 32.5 Å². The van der Waals surface area contributed by atoms with Crippen molar-refractivity contribution in [3.63, 3.8) is 0 Å². The molecule has 1 heterocycles. The zero-order valence-corrected chi connectivity index (χ0v) is 24.6. The van der Waals surface area contributed by atoms with Gasteiger partial charge in [-0.15, -0.1) is 10.2 Å². The van der Waals surface area contributed by atoms with E-state index in [-0.39, 0.29) is 16.0 Å². The Labute approximate surface area is 240 Å². The van der Waals surface area contributed by atoms with E-state index in [1.54, 1.807) is 24.3 Å². The second-order valence-corrected chi connectivity index (χ2v) is 14.8. The quantitative estimate of drug-likeness (QED) is 0.252. The monoisotopic (exact) mass is 633 g/mol. The van der Waals surface area contributed by atoms with Gasteiger partial charge in [0.1, 0.15) is 9.92 Å². The summed E-state index contributed by atoms with van der Waals surface area (Å²) in [4.78, 5) is 0.500. The molecule has 0 radical (unpaired) electrons. The molecule has 0 aliphatic heterocycles. The number of aryl methyl sites for hydroxylation is 1. The summed E-state index contributed by atoms with van der Waals surface area (Å²) in [5.74, 6) is -0.107. The topological polar surface area (TPSA) is 106 Å². The van der Waals surface area contributed by atoms with E-state index >= 15 is 0 Å². The highest BCUT2D eigenvalue weighted by atomic mass is 35.5. The Morgan fingerprint density at radius 1 is 1.00 bits per heavy atom. The maximum absolute atomic E-state index is 12.9. The van der Waals surface area contributed by atoms with Crippen molar-refractivity contribution >= 4 is 49.0 Å². The molecule has 0 unspecified atom stereocenters. The smallest absolute Gasteiger partial charge is 0.262 e. The second-order valence-electron chi connectivity index (χ2n) is 9.44. The van der Waals surface area contributed by atoms with Crippen molar-refractivity contribution in [2.24, 2.45) is 0 Å². The van der Waals surface area contributed by atoms with Gasteiger partial charge >= 0.3 is 6.18 Å². The standard InChI is InChI=1S/C26H27ClF3N3O4S3/c1-2-3-6-17-15-24(33-40(36,37)23-14-9-18(16-22(23)27)26(28,29)30)31-32-25(17)38-19-10-12-21(13-11-19)39(34,35)20-7-4-5-8-20/h9-16,20H,2-8H2,1H3,(H,31,33). The van der Waals surface area contributed by atoms with Crippen LogP contribution in [0.1, 0.15) is 56.6 Å². The summed E-state index contributed by atoms with van der Waals surface area (Å²) in [7, 11) is -7.73. The van der Waals surface area contributed by atoms with Crippen molar-refractivity contribution in [1.82, 2.24) is 10.2 Å². The van der Waals surface area contributed by atoms with Gasteiger partial charge in [-0.2, -0.15) is 13.2 Å². The molecule has 0 spiro atoms. The average molecular weight is 634 g/mol. The predicted octanol–water partition coefficient (Wildman–Crippen LogP) is 7.16. The molecule has 14 heteroatoms. The lowest BCUT2D eigenvalue weighted by Crippen LogP contribution is -2.17. The van der Waals surface area contributed by atoms with Crippen LogP contribution in [0, 0.1) is 0 Å². The number of aromatic nitrogens is 2. The zero-order chi connectivity index (χ0) is 29.1. The molecule has 4 rings (SSSR count). The Hall–Kier alpha value is -2.35. The highest BCUT2D eigenvalue weighted by Gasteiger charge is 2.32. The number of sulfone groups is 1. The van der Waals surface area contributed by atoms with Crippen LogP contribution in [0.5, 0.6) is 0 Å². The molecule has 1 aliphatic rings. The predicted molar refractivity (Wildman–Crippen MR) is 148 cm³/mol. The molecule has 7 nitrogen and oxygen atoms in total. The van der Waals surface area contributed by atoms with Crippen molar-refractivity contribution in [1.29, 1.82) is 0 Å². The number of benzene rings is 2. The Kier molecular flexibility index (Phi) is 9.38. The van der Waals surface area contributed by atoms with E-state index in [4.69, 9.17) is 11.6 Å². The zero-order valence-electron chi connectivity index (χ0n) is 21.4. The molecule has 1 fully saturated rings. The summed E-state index contributed by atoms with van der Waals surface area (Å²) in [6.07, 6.45) is 0.736. The molecule has 1 aliphatic carbocycles. The molecular weight excluding hydrogens is 607 g/mol. The van der Waals surface area contributed by atoms with Crippen molar-refractivity contribution in [3.05, 3.63) is 64.7 Å². The molecule has 40 heavy (non-hydrogen) atoms. The summed E-state index contributed by atoms with van der Waals surface area (Å²) in [6.45, 7) is 2.00. The van der Waals surface area contributed by atoms with Crippen molar-refractivity contribution in [3.8, 4) is 0 Å². The van der Waals surface area contributed by atoms with E-state index in [1.807, 2.05) is 6.92 Å². The van der Waals surface area contributed by atoms with E-state index < -0.39 is 41.5 Å². The van der Waals surface area contributed by atoms with Gasteiger partial charge in [0.15, 0.2) is 15.7 Å². The lowest BCUT2D eigenvalue weighted by Gasteiger charge is -2.14. The fourth-order valence-electron chi connectivity index (χ4n) is 4.39. The van der Waals surface area contributed by atoms with Crippen LogP contribution in [0.25, 0.3) is 0 Å². The number of sulfonamides is 1. The summed E-state index contributed by atoms with van der Waals surface area (Å²) >= 11 is 7.15. The minimum atomic E-state index is -4.67. The molecule has 0 amide bonds. The minimum Gasteiger partial charge on any atom is -0.262 e. The normalized spacial score (nSPS) is 14.9. The second kappa shape index (κ2) is 12.3. The van der Waals surface area contributed by atoms with E-state index in [9.17, 15) is 30.0 Å². The van der Waals surface area contributed by atoms with E-state index in [0.717, 1.165) is 36.6 Å². The van der Waals surface area contributed by atoms with Gasteiger partial charge in [-0.3, -0.25) is 4.72 Å². The fourth-order valence-corrected chi connectivity index (χ4v) is 8.65. The first-order valence-electron chi connectivity index (χ1n) is 12.6. The Balaban J connectivity index is 1.55. The van der Waals surface area contributed by atoms with E-state index in [0.29, 0.717) is 42.0 Å². The first kappa shape index (κ1) is 30.6. The van der Waals surface area contributed by atoms with Gasteiger partial charge in [0, 0.05) is 4.90 Å². The lowest BCUT2D eigenvalue weighted by molar-refractivity contribution is -0.137. The van der Waals surface area contributed by atoms with Crippen LogP contribution in [0.4, 0.5) is 19.0 Å². The van der Waals surface area contributed by atoms with Gasteiger partial charge in [-0.05, 0) is 79.8 Å². The number of unbranched alkanes of at least 4 members (excludes halogenated alkanes) is 1. The SMILES string of the molecule is CCCCc1cc(NS(=O)(=O)c2ccc(C(F)(F)F)cc2Cl)nnc1Sc1ccc(S(=O)(=O)C2CCCC2)cc1. The van der Waals surface area contributed by atoms with E-state index in [2.05, 4.69) is 14.9 Å². The van der Waals surface area contributed by atoms with Crippen LogP contribution in [0.15, 0.2) is 68.2 Å². The number of hydrogen-bond donors (Lipinski definition) is 1. The largest absolute Gasteiger partial charge is 0.416 e. The van der Waals surface area contributed by atoms with Gasteiger partial charge < -0.3 is 0 Å². The third-order valence-electron chi connectivity index (χ3n) is 6.53. The van der Waals surface area contributed by atoms with Crippen LogP contribution in [0.3, 0.4) is 0 Å². The maximum Gasteiger partial charge on any atom is 0.416 e. The average Bonchev–Trinajstić information content (AvgIpc) is 3.44. The number of hydrogen-bond acceptors (Lipinski definition) is 7. The van der Waals surface area contributed by atoms with Gasteiger partial charge in [-0.25, -0.2) is 16.8 Å². The summed E-state index contributed by atoms with van der Waals surface area (Å²) in [5, 5.41) is 7.77. The molecule has 3 aromatic rings. The van der Waals surface area contributed by atoms with Crippen molar-refractivity contribution in [2.75, 3.05) is 4.72 Å². The minimum absolute atomic E-state index is 0.107.